The monoisotopic (exact) mass is 517 g/mol. The number of alkyl halides is 3. The van der Waals surface area contributed by atoms with Crippen LogP contribution in [-0.4, -0.2) is 73.8 Å². The van der Waals surface area contributed by atoms with Crippen LogP contribution >= 0.6 is 35.6 Å². The summed E-state index contributed by atoms with van der Waals surface area (Å²) in [6, 6.07) is 7.55. The van der Waals surface area contributed by atoms with E-state index in [0.717, 1.165) is 31.9 Å². The molecule has 2 fully saturated rings. The highest BCUT2D eigenvalue weighted by atomic mass is 127. The Hall–Kier alpha value is -0.940. The molecule has 27 heavy (non-hydrogen) atoms. The number of hydrogen-bond acceptors (Lipinski definition) is 3. The van der Waals surface area contributed by atoms with Gasteiger partial charge in [-0.15, -0.1) is 24.0 Å². The molecule has 3 rings (SSSR count). The Kier molecular flexibility index (Phi) is 7.87. The smallest absolute Gasteiger partial charge is 0.370 e. The summed E-state index contributed by atoms with van der Waals surface area (Å²) in [6.07, 6.45) is -3.55. The van der Waals surface area contributed by atoms with E-state index in [9.17, 15) is 13.2 Å². The number of benzene rings is 1. The molecule has 0 amide bonds. The summed E-state index contributed by atoms with van der Waals surface area (Å²) in [4.78, 5) is 10.1. The number of likely N-dealkylation sites (tertiary alicyclic amines) is 1. The van der Waals surface area contributed by atoms with Gasteiger partial charge in [-0.05, 0) is 30.7 Å². The molecule has 0 aromatic heterocycles. The van der Waals surface area contributed by atoms with Crippen LogP contribution < -0.4 is 10.6 Å². The molecule has 1 unspecified atom stereocenters. The zero-order valence-corrected chi connectivity index (χ0v) is 17.9. The molecule has 152 valence electrons. The first kappa shape index (κ1) is 22.4. The van der Waals surface area contributed by atoms with Gasteiger partial charge in [0.25, 0.3) is 0 Å². The lowest BCUT2D eigenvalue weighted by Gasteiger charge is -2.36. The zero-order valence-electron chi connectivity index (χ0n) is 14.8. The molecule has 10 heteroatoms. The van der Waals surface area contributed by atoms with Crippen LogP contribution in [0, 0.1) is 0 Å². The standard InChI is InChI=1S/C17H23ClF3N5.HI/c18-13-1-3-15(4-2-13)25-7-9-26(10-8-25)16(22)23-14-5-6-24(11-14)12-17(19,20)21;/h1-4,14H,5-12H2,(H2,22,23);1H. The lowest BCUT2D eigenvalue weighted by atomic mass is 10.2. The Morgan fingerprint density at radius 2 is 1.74 bits per heavy atom. The first-order valence-corrected chi connectivity index (χ1v) is 9.06. The number of nitrogens with zero attached hydrogens (tertiary/aromatic N) is 4. The minimum absolute atomic E-state index is 0. The summed E-state index contributed by atoms with van der Waals surface area (Å²) < 4.78 is 37.4. The molecule has 0 saturated carbocycles. The first-order chi connectivity index (χ1) is 12.3. The van der Waals surface area contributed by atoms with Gasteiger partial charge in [-0.3, -0.25) is 4.90 Å². The van der Waals surface area contributed by atoms with Crippen molar-refractivity contribution in [2.75, 3.05) is 50.7 Å². The molecular weight excluding hydrogens is 494 g/mol. The SMILES string of the molecule is I.NC(=NC1CCN(CC(F)(F)F)C1)N1CCN(c2ccc(Cl)cc2)CC1. The van der Waals surface area contributed by atoms with Crippen molar-refractivity contribution in [2.24, 2.45) is 10.7 Å². The average molecular weight is 518 g/mol. The number of halogens is 5. The Bertz CT molecular complexity index is 632. The van der Waals surface area contributed by atoms with Crippen molar-refractivity contribution in [3.8, 4) is 0 Å². The van der Waals surface area contributed by atoms with Crippen molar-refractivity contribution in [2.45, 2.75) is 18.6 Å². The maximum absolute atomic E-state index is 12.5. The maximum Gasteiger partial charge on any atom is 0.401 e. The van der Waals surface area contributed by atoms with Gasteiger partial charge in [0.1, 0.15) is 0 Å². The summed E-state index contributed by atoms with van der Waals surface area (Å²) >= 11 is 5.92. The molecule has 1 aromatic carbocycles. The summed E-state index contributed by atoms with van der Waals surface area (Å²) in [6.45, 7) is 2.92. The van der Waals surface area contributed by atoms with Gasteiger partial charge < -0.3 is 15.5 Å². The van der Waals surface area contributed by atoms with Gasteiger partial charge in [-0.25, -0.2) is 4.99 Å². The fourth-order valence-electron chi connectivity index (χ4n) is 3.43. The van der Waals surface area contributed by atoms with Crippen LogP contribution in [0.1, 0.15) is 6.42 Å². The van der Waals surface area contributed by atoms with Crippen LogP contribution in [0.2, 0.25) is 5.02 Å². The molecule has 2 aliphatic heterocycles. The highest BCUT2D eigenvalue weighted by Gasteiger charge is 2.34. The van der Waals surface area contributed by atoms with Gasteiger partial charge in [0.2, 0.25) is 0 Å². The summed E-state index contributed by atoms with van der Waals surface area (Å²) in [7, 11) is 0. The van der Waals surface area contributed by atoms with Crippen LogP contribution in [0.4, 0.5) is 18.9 Å². The van der Waals surface area contributed by atoms with Gasteiger partial charge in [0, 0.05) is 50.0 Å². The predicted octanol–water partition coefficient (Wildman–Crippen LogP) is 3.03. The molecule has 5 nitrogen and oxygen atoms in total. The van der Waals surface area contributed by atoms with E-state index in [1.807, 2.05) is 29.2 Å². The zero-order chi connectivity index (χ0) is 18.7. The van der Waals surface area contributed by atoms with Crippen LogP contribution in [0.15, 0.2) is 29.3 Å². The van der Waals surface area contributed by atoms with E-state index in [4.69, 9.17) is 17.3 Å². The number of hydrogen-bond donors (Lipinski definition) is 1. The third-order valence-corrected chi connectivity index (χ3v) is 5.01. The lowest BCUT2D eigenvalue weighted by molar-refractivity contribution is -0.143. The van der Waals surface area contributed by atoms with Crippen LogP contribution in [0.3, 0.4) is 0 Å². The molecule has 0 aliphatic carbocycles. The normalized spacial score (nSPS) is 22.1. The first-order valence-electron chi connectivity index (χ1n) is 8.68. The van der Waals surface area contributed by atoms with E-state index in [1.54, 1.807) is 0 Å². The second kappa shape index (κ2) is 9.51. The number of aliphatic imine (C=N–C) groups is 1. The van der Waals surface area contributed by atoms with Crippen molar-refractivity contribution in [3.05, 3.63) is 29.3 Å². The molecule has 0 bridgehead atoms. The summed E-state index contributed by atoms with van der Waals surface area (Å²) in [5.74, 6) is 0.430. The topological polar surface area (TPSA) is 48.1 Å². The minimum atomic E-state index is -4.16. The van der Waals surface area contributed by atoms with Crippen molar-refractivity contribution < 1.29 is 13.2 Å². The van der Waals surface area contributed by atoms with E-state index in [2.05, 4.69) is 9.89 Å². The largest absolute Gasteiger partial charge is 0.401 e. The molecule has 2 heterocycles. The number of guanidine groups is 1. The lowest BCUT2D eigenvalue weighted by Crippen LogP contribution is -2.51. The third kappa shape index (κ3) is 6.56. The Morgan fingerprint density at radius 3 is 2.33 bits per heavy atom. The fraction of sp³-hybridized carbons (Fsp3) is 0.588. The number of nitrogens with two attached hydrogens (primary N) is 1. The number of rotatable bonds is 3. The fourth-order valence-corrected chi connectivity index (χ4v) is 3.56. The van der Waals surface area contributed by atoms with Crippen LogP contribution in [-0.2, 0) is 0 Å². The molecule has 0 spiro atoms. The minimum Gasteiger partial charge on any atom is -0.370 e. The molecule has 2 saturated heterocycles. The van der Waals surface area contributed by atoms with Gasteiger partial charge in [0.05, 0.1) is 12.6 Å². The maximum atomic E-state index is 12.5. The van der Waals surface area contributed by atoms with Gasteiger partial charge in [0.15, 0.2) is 5.96 Å². The van der Waals surface area contributed by atoms with E-state index in [-0.39, 0.29) is 30.0 Å². The Morgan fingerprint density at radius 1 is 1.11 bits per heavy atom. The third-order valence-electron chi connectivity index (χ3n) is 4.76. The van der Waals surface area contributed by atoms with E-state index in [0.29, 0.717) is 30.5 Å². The molecule has 1 aromatic rings. The van der Waals surface area contributed by atoms with Crippen molar-refractivity contribution >= 4 is 47.2 Å². The van der Waals surface area contributed by atoms with E-state index >= 15 is 0 Å². The second-order valence-electron chi connectivity index (χ2n) is 6.73. The molecule has 1 atom stereocenters. The van der Waals surface area contributed by atoms with E-state index < -0.39 is 12.7 Å². The predicted molar refractivity (Wildman–Crippen MR) is 113 cm³/mol. The van der Waals surface area contributed by atoms with Gasteiger partial charge >= 0.3 is 6.18 Å². The quantitative estimate of drug-likeness (QED) is 0.381. The van der Waals surface area contributed by atoms with Crippen LogP contribution in [0.25, 0.3) is 0 Å². The Balaban J connectivity index is 0.00000261. The molecule has 0 radical (unpaired) electrons. The summed E-state index contributed by atoms with van der Waals surface area (Å²) in [5, 5.41) is 0.708. The van der Waals surface area contributed by atoms with E-state index in [1.165, 1.54) is 4.90 Å². The average Bonchev–Trinajstić information content (AvgIpc) is 3.00. The highest BCUT2D eigenvalue weighted by molar-refractivity contribution is 14.0. The second-order valence-corrected chi connectivity index (χ2v) is 7.17. The Labute approximate surface area is 179 Å². The number of piperazine rings is 1. The summed E-state index contributed by atoms with van der Waals surface area (Å²) in [5.41, 5.74) is 7.22. The molecule has 2 aliphatic rings. The van der Waals surface area contributed by atoms with Gasteiger partial charge in [-0.1, -0.05) is 11.6 Å². The number of anilines is 1. The highest BCUT2D eigenvalue weighted by Crippen LogP contribution is 2.22. The van der Waals surface area contributed by atoms with Crippen molar-refractivity contribution in [1.82, 2.24) is 9.80 Å². The van der Waals surface area contributed by atoms with Crippen molar-refractivity contribution in [3.63, 3.8) is 0 Å². The molecule has 2 N–H and O–H groups in total. The van der Waals surface area contributed by atoms with Gasteiger partial charge in [-0.2, -0.15) is 13.2 Å². The molecular formula is C17H24ClF3IN5. The van der Waals surface area contributed by atoms with Crippen molar-refractivity contribution in [1.29, 1.82) is 0 Å². The van der Waals surface area contributed by atoms with Crippen LogP contribution in [0.5, 0.6) is 0 Å².